The van der Waals surface area contributed by atoms with Crippen molar-refractivity contribution >= 4 is 31.7 Å². The van der Waals surface area contributed by atoms with Crippen molar-refractivity contribution in [2.75, 3.05) is 31.2 Å². The van der Waals surface area contributed by atoms with E-state index in [9.17, 15) is 13.2 Å². The highest BCUT2D eigenvalue weighted by molar-refractivity contribution is 9.10. The Morgan fingerprint density at radius 3 is 2.67 bits per heavy atom. The van der Waals surface area contributed by atoms with Gasteiger partial charge in [0.05, 0.1) is 18.9 Å². The van der Waals surface area contributed by atoms with Crippen LogP contribution in [0.5, 0.6) is 0 Å². The monoisotopic (exact) mass is 417 g/mol. The number of morpholine rings is 1. The summed E-state index contributed by atoms with van der Waals surface area (Å²) in [7, 11) is -3.33. The highest BCUT2D eigenvalue weighted by Gasteiger charge is 2.28. The van der Waals surface area contributed by atoms with Crippen LogP contribution in [-0.4, -0.2) is 50.4 Å². The lowest BCUT2D eigenvalue weighted by Gasteiger charge is -2.33. The van der Waals surface area contributed by atoms with Crippen LogP contribution in [0.25, 0.3) is 0 Å². The summed E-state index contributed by atoms with van der Waals surface area (Å²) < 4.78 is 30.8. The summed E-state index contributed by atoms with van der Waals surface area (Å²) in [6.07, 6.45) is 2.24. The van der Waals surface area contributed by atoms with Crippen LogP contribution >= 0.6 is 15.9 Å². The average Bonchev–Trinajstić information content (AvgIpc) is 2.55. The third kappa shape index (κ3) is 5.86. The maximum Gasteiger partial charge on any atom is 0.237 e. The molecule has 0 aliphatic carbocycles. The molecule has 0 N–H and O–H groups in total. The number of hydrogen-bond acceptors (Lipinski definition) is 4. The average molecular weight is 418 g/mol. The first kappa shape index (κ1) is 19.4. The van der Waals surface area contributed by atoms with E-state index >= 15 is 0 Å². The van der Waals surface area contributed by atoms with Gasteiger partial charge in [0, 0.05) is 11.0 Å². The molecule has 0 bridgehead atoms. The normalized spacial score (nSPS) is 18.6. The Kier molecular flexibility index (Phi) is 7.25. The van der Waals surface area contributed by atoms with Gasteiger partial charge in [0.1, 0.15) is 11.9 Å². The molecule has 0 spiro atoms. The molecule has 1 atom stereocenters. The molecule has 1 amide bonds. The topological polar surface area (TPSA) is 63.7 Å². The second-order valence-electron chi connectivity index (χ2n) is 6.05. The number of unbranched alkanes of at least 4 members (excludes halogenated alkanes) is 2. The van der Waals surface area contributed by atoms with Gasteiger partial charge in [0.2, 0.25) is 5.91 Å². The van der Waals surface area contributed by atoms with Gasteiger partial charge >= 0.3 is 0 Å². The molecule has 1 fully saturated rings. The molecule has 0 aromatic heterocycles. The Balaban J connectivity index is 1.93. The predicted octanol–water partition coefficient (Wildman–Crippen LogP) is 2.95. The molecule has 1 aliphatic heterocycles. The fourth-order valence-electron chi connectivity index (χ4n) is 2.68. The number of benzene rings is 1. The lowest BCUT2D eigenvalue weighted by molar-refractivity contribution is -0.136. The van der Waals surface area contributed by atoms with E-state index in [-0.39, 0.29) is 17.8 Å². The van der Waals surface area contributed by atoms with Crippen LogP contribution in [0.2, 0.25) is 0 Å². The lowest BCUT2D eigenvalue weighted by atomic mass is 10.1. The van der Waals surface area contributed by atoms with Crippen molar-refractivity contribution in [3.05, 3.63) is 34.3 Å². The molecule has 2 rings (SSSR count). The zero-order valence-electron chi connectivity index (χ0n) is 13.9. The van der Waals surface area contributed by atoms with Crippen LogP contribution in [0.3, 0.4) is 0 Å². The first-order chi connectivity index (χ1) is 11.4. The molecular formula is C17H24BrNO4S. The summed E-state index contributed by atoms with van der Waals surface area (Å²) in [5.74, 6) is -0.631. The van der Waals surface area contributed by atoms with Crippen molar-refractivity contribution < 1.29 is 17.9 Å². The second-order valence-corrected chi connectivity index (χ2v) is 9.15. The Hall–Kier alpha value is -0.920. The molecule has 0 radical (unpaired) electrons. The van der Waals surface area contributed by atoms with Gasteiger partial charge in [-0.25, -0.2) is 8.42 Å². The fourth-order valence-corrected chi connectivity index (χ4v) is 4.29. The molecule has 1 aromatic carbocycles. The van der Waals surface area contributed by atoms with Crippen molar-refractivity contribution in [3.8, 4) is 0 Å². The van der Waals surface area contributed by atoms with E-state index in [2.05, 4.69) is 15.9 Å². The minimum absolute atomic E-state index is 0.0903. The molecule has 0 saturated carbocycles. The number of rotatable bonds is 7. The van der Waals surface area contributed by atoms with Crippen LogP contribution in [0.1, 0.15) is 37.9 Å². The van der Waals surface area contributed by atoms with Crippen LogP contribution in [0.15, 0.2) is 28.7 Å². The third-order valence-electron chi connectivity index (χ3n) is 4.06. The summed E-state index contributed by atoms with van der Waals surface area (Å²) in [6.45, 7) is 3.28. The first-order valence-electron chi connectivity index (χ1n) is 8.26. The Morgan fingerprint density at radius 2 is 2.00 bits per heavy atom. The Bertz CT molecular complexity index is 645. The van der Waals surface area contributed by atoms with Crippen molar-refractivity contribution in [2.45, 2.75) is 32.3 Å². The fraction of sp³-hybridized carbons (Fsp3) is 0.588. The van der Waals surface area contributed by atoms with Gasteiger partial charge < -0.3 is 9.64 Å². The van der Waals surface area contributed by atoms with Crippen molar-refractivity contribution in [1.29, 1.82) is 0 Å². The van der Waals surface area contributed by atoms with Crippen LogP contribution in [0, 0.1) is 0 Å². The summed E-state index contributed by atoms with van der Waals surface area (Å²) in [5, 5.41) is 0. The molecule has 134 valence electrons. The van der Waals surface area contributed by atoms with Crippen molar-refractivity contribution in [1.82, 2.24) is 4.90 Å². The summed E-state index contributed by atoms with van der Waals surface area (Å²) in [4.78, 5) is 14.0. The molecule has 24 heavy (non-hydrogen) atoms. The van der Waals surface area contributed by atoms with E-state index in [0.29, 0.717) is 26.1 Å². The molecule has 1 heterocycles. The highest BCUT2D eigenvalue weighted by atomic mass is 79.9. The number of ether oxygens (including phenoxy) is 1. The lowest BCUT2D eigenvalue weighted by Crippen LogP contribution is -2.44. The standard InChI is InChI=1S/C17H24BrNO4S/c1-2-3-4-11-24(21,22)13-17(20)19-9-10-23-16(12-19)14-5-7-15(18)8-6-14/h5-8,16H,2-4,9-13H2,1H3. The first-order valence-corrected chi connectivity index (χ1v) is 10.9. The SMILES string of the molecule is CCCCCS(=O)(=O)CC(=O)N1CCOC(c2ccc(Br)cc2)C1. The summed E-state index contributed by atoms with van der Waals surface area (Å²) in [6, 6.07) is 7.75. The largest absolute Gasteiger partial charge is 0.370 e. The number of carbonyl (C=O) groups is 1. The van der Waals surface area contributed by atoms with E-state index < -0.39 is 15.6 Å². The van der Waals surface area contributed by atoms with Crippen LogP contribution in [-0.2, 0) is 19.4 Å². The van der Waals surface area contributed by atoms with E-state index in [1.165, 1.54) is 0 Å². The maximum absolute atomic E-state index is 12.4. The van der Waals surface area contributed by atoms with E-state index in [4.69, 9.17) is 4.74 Å². The molecular weight excluding hydrogens is 394 g/mol. The third-order valence-corrected chi connectivity index (χ3v) is 6.19. The molecule has 1 saturated heterocycles. The van der Waals surface area contributed by atoms with Gasteiger partial charge in [0.15, 0.2) is 9.84 Å². The van der Waals surface area contributed by atoms with Gasteiger partial charge in [-0.3, -0.25) is 4.79 Å². The number of nitrogens with zero attached hydrogens (tertiary/aromatic N) is 1. The van der Waals surface area contributed by atoms with Gasteiger partial charge in [-0.1, -0.05) is 47.8 Å². The Morgan fingerprint density at radius 1 is 1.29 bits per heavy atom. The maximum atomic E-state index is 12.4. The van der Waals surface area contributed by atoms with E-state index in [1.54, 1.807) is 4.90 Å². The number of halogens is 1. The van der Waals surface area contributed by atoms with Crippen molar-refractivity contribution in [3.63, 3.8) is 0 Å². The summed E-state index contributed by atoms with van der Waals surface area (Å²) in [5.41, 5.74) is 0.988. The summed E-state index contributed by atoms with van der Waals surface area (Å²) >= 11 is 3.39. The molecule has 5 nitrogen and oxygen atoms in total. The molecule has 1 aromatic rings. The van der Waals surface area contributed by atoms with Gasteiger partial charge in [-0.15, -0.1) is 0 Å². The van der Waals surface area contributed by atoms with Gasteiger partial charge in [0.25, 0.3) is 0 Å². The van der Waals surface area contributed by atoms with Gasteiger partial charge in [-0.05, 0) is 24.1 Å². The van der Waals surface area contributed by atoms with Gasteiger partial charge in [-0.2, -0.15) is 0 Å². The number of hydrogen-bond donors (Lipinski definition) is 0. The van der Waals surface area contributed by atoms with E-state index in [0.717, 1.165) is 22.9 Å². The van der Waals surface area contributed by atoms with Crippen molar-refractivity contribution in [2.24, 2.45) is 0 Å². The zero-order chi connectivity index (χ0) is 17.6. The molecule has 1 aliphatic rings. The molecule has 7 heteroatoms. The second kappa shape index (κ2) is 8.97. The quantitative estimate of drug-likeness (QED) is 0.639. The highest BCUT2D eigenvalue weighted by Crippen LogP contribution is 2.24. The predicted molar refractivity (Wildman–Crippen MR) is 97.6 cm³/mol. The number of sulfone groups is 1. The molecule has 1 unspecified atom stereocenters. The number of carbonyl (C=O) groups excluding carboxylic acids is 1. The minimum atomic E-state index is -3.33. The minimum Gasteiger partial charge on any atom is -0.370 e. The number of amides is 1. The smallest absolute Gasteiger partial charge is 0.237 e. The Labute approximate surface area is 152 Å². The van der Waals surface area contributed by atoms with Crippen LogP contribution in [0.4, 0.5) is 0 Å². The van der Waals surface area contributed by atoms with Crippen LogP contribution < -0.4 is 0 Å². The zero-order valence-corrected chi connectivity index (χ0v) is 16.3. The van der Waals surface area contributed by atoms with E-state index in [1.807, 2.05) is 31.2 Å².